The molecule has 2 rings (SSSR count). The lowest BCUT2D eigenvalue weighted by Crippen LogP contribution is -2.62. The molecule has 21 heavy (non-hydrogen) atoms. The van der Waals surface area contributed by atoms with Crippen LogP contribution in [0.4, 0.5) is 10.5 Å². The number of carbonyl (C=O) groups is 1. The Balaban J connectivity index is 1.98. The Labute approximate surface area is 140 Å². The summed E-state index contributed by atoms with van der Waals surface area (Å²) in [7, 11) is 0. The average molecular weight is 401 g/mol. The van der Waals surface area contributed by atoms with E-state index in [1.807, 2.05) is 24.3 Å². The lowest BCUT2D eigenvalue weighted by molar-refractivity contribution is 0.149. The second-order valence-electron chi connectivity index (χ2n) is 7.08. The van der Waals surface area contributed by atoms with Gasteiger partial charge in [-0.1, -0.05) is 12.1 Å². The van der Waals surface area contributed by atoms with Gasteiger partial charge in [-0.15, -0.1) is 0 Å². The number of hydrogen-bond donors (Lipinski definition) is 3. The molecule has 1 saturated heterocycles. The van der Waals surface area contributed by atoms with E-state index in [2.05, 4.69) is 66.2 Å². The number of urea groups is 1. The maximum absolute atomic E-state index is 12.2. The van der Waals surface area contributed by atoms with Crippen LogP contribution in [0.5, 0.6) is 0 Å². The zero-order chi connectivity index (χ0) is 15.7. The summed E-state index contributed by atoms with van der Waals surface area (Å²) in [4.78, 5) is 12.2. The molecule has 0 atom stereocenters. The topological polar surface area (TPSA) is 53.2 Å². The van der Waals surface area contributed by atoms with E-state index >= 15 is 0 Å². The van der Waals surface area contributed by atoms with Crippen LogP contribution < -0.4 is 16.0 Å². The number of anilines is 1. The van der Waals surface area contributed by atoms with Crippen LogP contribution in [-0.2, 0) is 0 Å². The molecule has 1 aliphatic heterocycles. The van der Waals surface area contributed by atoms with E-state index in [1.165, 1.54) is 0 Å². The van der Waals surface area contributed by atoms with Crippen molar-refractivity contribution in [3.63, 3.8) is 0 Å². The van der Waals surface area contributed by atoms with Crippen molar-refractivity contribution in [3.8, 4) is 0 Å². The van der Waals surface area contributed by atoms with Crippen LogP contribution in [0.2, 0.25) is 0 Å². The van der Waals surface area contributed by atoms with Crippen molar-refractivity contribution in [2.24, 2.45) is 0 Å². The van der Waals surface area contributed by atoms with E-state index in [0.29, 0.717) is 0 Å². The quantitative estimate of drug-likeness (QED) is 0.662. The van der Waals surface area contributed by atoms with Crippen molar-refractivity contribution >= 4 is 34.3 Å². The van der Waals surface area contributed by atoms with Gasteiger partial charge in [0.25, 0.3) is 0 Å². The Kier molecular flexibility index (Phi) is 4.82. The van der Waals surface area contributed by atoms with Crippen molar-refractivity contribution in [2.45, 2.75) is 57.7 Å². The van der Waals surface area contributed by atoms with E-state index < -0.39 is 0 Å². The predicted octanol–water partition coefficient (Wildman–Crippen LogP) is 3.72. The molecule has 116 valence electrons. The molecule has 2 amide bonds. The molecule has 0 bridgehead atoms. The molecule has 0 spiro atoms. The van der Waals surface area contributed by atoms with Crippen LogP contribution in [0, 0.1) is 3.57 Å². The molecule has 5 heteroatoms. The van der Waals surface area contributed by atoms with Crippen molar-refractivity contribution < 1.29 is 4.79 Å². The number of rotatable bonds is 2. The van der Waals surface area contributed by atoms with Gasteiger partial charge >= 0.3 is 6.03 Å². The number of carbonyl (C=O) groups excluding carboxylic acids is 1. The largest absolute Gasteiger partial charge is 0.335 e. The summed E-state index contributed by atoms with van der Waals surface area (Å²) in [6.45, 7) is 8.72. The first-order valence-corrected chi connectivity index (χ1v) is 8.36. The van der Waals surface area contributed by atoms with Gasteiger partial charge in [-0.3, -0.25) is 0 Å². The molecule has 1 aromatic rings. The van der Waals surface area contributed by atoms with Gasteiger partial charge in [0.1, 0.15) is 0 Å². The number of hydrogen-bond acceptors (Lipinski definition) is 2. The van der Waals surface area contributed by atoms with Crippen LogP contribution in [0.15, 0.2) is 24.3 Å². The predicted molar refractivity (Wildman–Crippen MR) is 95.6 cm³/mol. The molecule has 0 aliphatic carbocycles. The van der Waals surface area contributed by atoms with Crippen molar-refractivity contribution in [2.75, 3.05) is 5.32 Å². The number of piperidine rings is 1. The smallest absolute Gasteiger partial charge is 0.319 e. The number of amides is 2. The Morgan fingerprint density at radius 2 is 1.76 bits per heavy atom. The van der Waals surface area contributed by atoms with Gasteiger partial charge in [-0.25, -0.2) is 4.79 Å². The highest BCUT2D eigenvalue weighted by Crippen LogP contribution is 2.28. The summed E-state index contributed by atoms with van der Waals surface area (Å²) in [6, 6.07) is 7.83. The summed E-state index contributed by atoms with van der Waals surface area (Å²) >= 11 is 2.22. The van der Waals surface area contributed by atoms with Gasteiger partial charge in [0.2, 0.25) is 0 Å². The standard InChI is InChI=1S/C16H24IN3O/c1-15(2)9-11(10-16(3,4)20-15)18-14(21)19-13-8-6-5-7-12(13)17/h5-8,11,20H,9-10H2,1-4H3,(H2,18,19,21). The second kappa shape index (κ2) is 6.12. The Morgan fingerprint density at radius 3 is 2.33 bits per heavy atom. The van der Waals surface area contributed by atoms with Crippen molar-refractivity contribution in [3.05, 3.63) is 27.8 Å². The number of para-hydroxylation sites is 1. The summed E-state index contributed by atoms with van der Waals surface area (Å²) in [5.74, 6) is 0. The van der Waals surface area contributed by atoms with Gasteiger partial charge < -0.3 is 16.0 Å². The molecule has 1 aromatic carbocycles. The fraction of sp³-hybridized carbons (Fsp3) is 0.562. The first-order valence-electron chi connectivity index (χ1n) is 7.28. The van der Waals surface area contributed by atoms with Gasteiger partial charge in [0.15, 0.2) is 0 Å². The SMILES string of the molecule is CC1(C)CC(NC(=O)Nc2ccccc2I)CC(C)(C)N1. The summed E-state index contributed by atoms with van der Waals surface area (Å²) in [5.41, 5.74) is 0.907. The van der Waals surface area contributed by atoms with Crippen LogP contribution in [0.1, 0.15) is 40.5 Å². The average Bonchev–Trinajstić information content (AvgIpc) is 2.27. The molecule has 0 unspecified atom stereocenters. The molecular weight excluding hydrogens is 377 g/mol. The van der Waals surface area contributed by atoms with Gasteiger partial charge in [0, 0.05) is 20.7 Å². The zero-order valence-corrected chi connectivity index (χ0v) is 15.2. The normalized spacial score (nSPS) is 20.8. The lowest BCUT2D eigenvalue weighted by atomic mass is 9.80. The van der Waals surface area contributed by atoms with Crippen LogP contribution in [0.3, 0.4) is 0 Å². The lowest BCUT2D eigenvalue weighted by Gasteiger charge is -2.46. The minimum absolute atomic E-state index is 0.0286. The molecule has 4 nitrogen and oxygen atoms in total. The second-order valence-corrected chi connectivity index (χ2v) is 8.24. The van der Waals surface area contributed by atoms with Crippen molar-refractivity contribution in [1.29, 1.82) is 0 Å². The molecule has 1 aliphatic rings. The van der Waals surface area contributed by atoms with E-state index in [-0.39, 0.29) is 23.2 Å². The molecule has 0 radical (unpaired) electrons. The van der Waals surface area contributed by atoms with Crippen LogP contribution in [-0.4, -0.2) is 23.2 Å². The first kappa shape index (κ1) is 16.5. The first-order chi connectivity index (χ1) is 9.67. The number of benzene rings is 1. The summed E-state index contributed by atoms with van der Waals surface area (Å²) < 4.78 is 1.04. The maximum Gasteiger partial charge on any atom is 0.319 e. The molecule has 3 N–H and O–H groups in total. The minimum Gasteiger partial charge on any atom is -0.335 e. The Morgan fingerprint density at radius 1 is 1.19 bits per heavy atom. The monoisotopic (exact) mass is 401 g/mol. The summed E-state index contributed by atoms with van der Waals surface area (Å²) in [5, 5.41) is 9.67. The molecule has 1 heterocycles. The van der Waals surface area contributed by atoms with Gasteiger partial charge in [-0.2, -0.15) is 0 Å². The van der Waals surface area contributed by atoms with E-state index in [4.69, 9.17) is 0 Å². The van der Waals surface area contributed by atoms with Crippen molar-refractivity contribution in [1.82, 2.24) is 10.6 Å². The third-order valence-corrected chi connectivity index (χ3v) is 4.59. The fourth-order valence-electron chi connectivity index (χ4n) is 3.33. The maximum atomic E-state index is 12.2. The highest BCUT2D eigenvalue weighted by Gasteiger charge is 2.38. The van der Waals surface area contributed by atoms with E-state index in [0.717, 1.165) is 22.1 Å². The zero-order valence-electron chi connectivity index (χ0n) is 13.1. The van der Waals surface area contributed by atoms with Crippen LogP contribution >= 0.6 is 22.6 Å². The highest BCUT2D eigenvalue weighted by atomic mass is 127. The third-order valence-electron chi connectivity index (χ3n) is 3.65. The Hall–Kier alpha value is -0.820. The molecular formula is C16H24IN3O. The molecule has 1 fully saturated rings. The fourth-order valence-corrected chi connectivity index (χ4v) is 3.85. The van der Waals surface area contributed by atoms with Crippen LogP contribution in [0.25, 0.3) is 0 Å². The highest BCUT2D eigenvalue weighted by molar-refractivity contribution is 14.1. The van der Waals surface area contributed by atoms with Gasteiger partial charge in [-0.05, 0) is 75.3 Å². The summed E-state index contributed by atoms with van der Waals surface area (Å²) in [6.07, 6.45) is 1.85. The minimum atomic E-state index is -0.127. The van der Waals surface area contributed by atoms with E-state index in [9.17, 15) is 4.79 Å². The van der Waals surface area contributed by atoms with E-state index in [1.54, 1.807) is 0 Å². The Bertz CT molecular complexity index is 512. The van der Waals surface area contributed by atoms with Gasteiger partial charge in [0.05, 0.1) is 5.69 Å². The molecule has 0 aromatic heterocycles. The molecule has 0 saturated carbocycles. The number of nitrogens with one attached hydrogen (secondary N) is 3. The third kappa shape index (κ3) is 4.85. The number of halogens is 1.